The Morgan fingerprint density at radius 3 is 2.29 bits per heavy atom. The summed E-state index contributed by atoms with van der Waals surface area (Å²) in [5, 5.41) is 14.2. The smallest absolute Gasteiger partial charge is 0.329 e. The third kappa shape index (κ3) is 5.04. The second-order valence-electron chi connectivity index (χ2n) is 3.82. The topological polar surface area (TPSA) is 87.7 Å². The fourth-order valence-electron chi connectivity index (χ4n) is 1.46. The lowest BCUT2D eigenvalue weighted by Crippen LogP contribution is -2.56. The van der Waals surface area contributed by atoms with Gasteiger partial charge in [-0.1, -0.05) is 13.8 Å². The SMILES string of the molecule is CCC(CC)(NC(=O)NCCCOC)C(=O)O. The van der Waals surface area contributed by atoms with Gasteiger partial charge in [-0.3, -0.25) is 0 Å². The van der Waals surface area contributed by atoms with E-state index in [4.69, 9.17) is 9.84 Å². The van der Waals surface area contributed by atoms with E-state index in [2.05, 4.69) is 10.6 Å². The van der Waals surface area contributed by atoms with Crippen molar-refractivity contribution in [3.63, 3.8) is 0 Å². The Kier molecular flexibility index (Phi) is 7.29. The summed E-state index contributed by atoms with van der Waals surface area (Å²) in [7, 11) is 1.59. The van der Waals surface area contributed by atoms with Gasteiger partial charge in [0.15, 0.2) is 0 Å². The van der Waals surface area contributed by atoms with Crippen molar-refractivity contribution < 1.29 is 19.4 Å². The third-order valence-corrected chi connectivity index (χ3v) is 2.78. The quantitative estimate of drug-likeness (QED) is 0.557. The molecule has 3 N–H and O–H groups in total. The van der Waals surface area contributed by atoms with E-state index in [1.165, 1.54) is 0 Å². The molecule has 0 unspecified atom stereocenters. The number of carbonyl (C=O) groups excluding carboxylic acids is 1. The molecular formula is C11H22N2O4. The van der Waals surface area contributed by atoms with Gasteiger partial charge in [0.1, 0.15) is 5.54 Å². The molecule has 0 fully saturated rings. The summed E-state index contributed by atoms with van der Waals surface area (Å²) in [4.78, 5) is 22.7. The van der Waals surface area contributed by atoms with Gasteiger partial charge in [0.25, 0.3) is 0 Å². The number of amides is 2. The van der Waals surface area contributed by atoms with E-state index >= 15 is 0 Å². The minimum absolute atomic E-state index is 0.352. The summed E-state index contributed by atoms with van der Waals surface area (Å²) in [6, 6.07) is -0.452. The average molecular weight is 246 g/mol. The fraction of sp³-hybridized carbons (Fsp3) is 0.818. The van der Waals surface area contributed by atoms with Gasteiger partial charge in [0.2, 0.25) is 0 Å². The van der Waals surface area contributed by atoms with E-state index in [9.17, 15) is 9.59 Å². The molecule has 0 aromatic heterocycles. The molecular weight excluding hydrogens is 224 g/mol. The Hall–Kier alpha value is -1.30. The van der Waals surface area contributed by atoms with Crippen molar-refractivity contribution in [1.82, 2.24) is 10.6 Å². The number of rotatable bonds is 8. The van der Waals surface area contributed by atoms with Gasteiger partial charge < -0.3 is 20.5 Å². The van der Waals surface area contributed by atoms with E-state index in [1.807, 2.05) is 0 Å². The largest absolute Gasteiger partial charge is 0.480 e. The fourth-order valence-corrected chi connectivity index (χ4v) is 1.46. The number of methoxy groups -OCH3 is 1. The number of ether oxygens (including phenoxy) is 1. The number of hydrogen-bond donors (Lipinski definition) is 3. The second-order valence-corrected chi connectivity index (χ2v) is 3.82. The van der Waals surface area contributed by atoms with Crippen LogP contribution in [0.1, 0.15) is 33.1 Å². The Morgan fingerprint density at radius 2 is 1.88 bits per heavy atom. The van der Waals surface area contributed by atoms with Gasteiger partial charge in [0.05, 0.1) is 0 Å². The van der Waals surface area contributed by atoms with Gasteiger partial charge in [-0.15, -0.1) is 0 Å². The lowest BCUT2D eigenvalue weighted by molar-refractivity contribution is -0.144. The van der Waals surface area contributed by atoms with Crippen molar-refractivity contribution in [3.8, 4) is 0 Å². The van der Waals surface area contributed by atoms with Crippen LogP contribution in [0.2, 0.25) is 0 Å². The second kappa shape index (κ2) is 7.89. The Balaban J connectivity index is 4.18. The molecule has 6 heteroatoms. The first kappa shape index (κ1) is 15.7. The monoisotopic (exact) mass is 246 g/mol. The molecule has 100 valence electrons. The van der Waals surface area contributed by atoms with Crippen LogP contribution in [-0.4, -0.2) is 42.9 Å². The molecule has 6 nitrogen and oxygen atoms in total. The zero-order valence-corrected chi connectivity index (χ0v) is 10.7. The van der Waals surface area contributed by atoms with Gasteiger partial charge >= 0.3 is 12.0 Å². The van der Waals surface area contributed by atoms with E-state index < -0.39 is 17.5 Å². The molecule has 0 saturated heterocycles. The molecule has 0 aliphatic carbocycles. The molecule has 0 heterocycles. The molecule has 0 aliphatic heterocycles. The van der Waals surface area contributed by atoms with E-state index in [0.29, 0.717) is 32.4 Å². The maximum atomic E-state index is 11.5. The first-order valence-electron chi connectivity index (χ1n) is 5.80. The highest BCUT2D eigenvalue weighted by Gasteiger charge is 2.36. The first-order chi connectivity index (χ1) is 8.02. The highest BCUT2D eigenvalue weighted by atomic mass is 16.5. The van der Waals surface area contributed by atoms with E-state index in [0.717, 1.165) is 0 Å². The summed E-state index contributed by atoms with van der Waals surface area (Å²) < 4.78 is 4.84. The summed E-state index contributed by atoms with van der Waals surface area (Å²) in [6.45, 7) is 4.50. The van der Waals surface area contributed by atoms with Crippen molar-refractivity contribution in [2.24, 2.45) is 0 Å². The van der Waals surface area contributed by atoms with Gasteiger partial charge in [0, 0.05) is 20.3 Å². The van der Waals surface area contributed by atoms with Crippen molar-refractivity contribution in [1.29, 1.82) is 0 Å². The maximum absolute atomic E-state index is 11.5. The minimum Gasteiger partial charge on any atom is -0.480 e. The van der Waals surface area contributed by atoms with E-state index in [-0.39, 0.29) is 0 Å². The van der Waals surface area contributed by atoms with Crippen LogP contribution >= 0.6 is 0 Å². The van der Waals surface area contributed by atoms with Crippen LogP contribution in [0.15, 0.2) is 0 Å². The lowest BCUT2D eigenvalue weighted by Gasteiger charge is -2.28. The molecule has 0 aliphatic rings. The highest BCUT2D eigenvalue weighted by molar-refractivity contribution is 5.86. The predicted octanol–water partition coefficient (Wildman–Crippen LogP) is 0.965. The zero-order chi connectivity index (χ0) is 13.3. The molecule has 0 saturated carbocycles. The minimum atomic E-state index is -1.18. The zero-order valence-electron chi connectivity index (χ0n) is 10.7. The van der Waals surface area contributed by atoms with Gasteiger partial charge in [-0.2, -0.15) is 0 Å². The van der Waals surface area contributed by atoms with Gasteiger partial charge in [-0.25, -0.2) is 9.59 Å². The number of aliphatic carboxylic acids is 1. The summed E-state index contributed by atoms with van der Waals surface area (Å²) >= 11 is 0. The standard InChI is InChI=1S/C11H22N2O4/c1-4-11(5-2,9(14)15)13-10(16)12-7-6-8-17-3/h4-8H2,1-3H3,(H,14,15)(H2,12,13,16). The first-order valence-corrected chi connectivity index (χ1v) is 5.80. The van der Waals surface area contributed by atoms with Crippen LogP contribution in [0, 0.1) is 0 Å². The summed E-state index contributed by atoms with van der Waals surface area (Å²) in [6.07, 6.45) is 1.40. The molecule has 0 radical (unpaired) electrons. The molecule has 0 atom stereocenters. The number of urea groups is 1. The normalized spacial score (nSPS) is 11.0. The Labute approximate surface area is 102 Å². The van der Waals surface area contributed by atoms with Crippen molar-refractivity contribution >= 4 is 12.0 Å². The highest BCUT2D eigenvalue weighted by Crippen LogP contribution is 2.14. The van der Waals surface area contributed by atoms with Crippen LogP contribution in [-0.2, 0) is 9.53 Å². The van der Waals surface area contributed by atoms with Crippen LogP contribution in [0.5, 0.6) is 0 Å². The predicted molar refractivity (Wildman–Crippen MR) is 64.0 cm³/mol. The van der Waals surface area contributed by atoms with Gasteiger partial charge in [-0.05, 0) is 19.3 Å². The molecule has 0 spiro atoms. The van der Waals surface area contributed by atoms with Crippen LogP contribution in [0.25, 0.3) is 0 Å². The molecule has 0 aromatic rings. The summed E-state index contributed by atoms with van der Waals surface area (Å²) in [5.74, 6) is -1.01. The number of nitrogens with one attached hydrogen (secondary N) is 2. The number of hydrogen-bond acceptors (Lipinski definition) is 3. The van der Waals surface area contributed by atoms with Crippen molar-refractivity contribution in [2.45, 2.75) is 38.6 Å². The van der Waals surface area contributed by atoms with Crippen LogP contribution < -0.4 is 10.6 Å². The van der Waals surface area contributed by atoms with Crippen molar-refractivity contribution in [3.05, 3.63) is 0 Å². The number of carbonyl (C=O) groups is 2. The lowest BCUT2D eigenvalue weighted by atomic mass is 9.93. The van der Waals surface area contributed by atoms with Crippen molar-refractivity contribution in [2.75, 3.05) is 20.3 Å². The van der Waals surface area contributed by atoms with Crippen LogP contribution in [0.4, 0.5) is 4.79 Å². The molecule has 2 amide bonds. The third-order valence-electron chi connectivity index (χ3n) is 2.78. The molecule has 0 aromatic carbocycles. The van der Waals surface area contributed by atoms with E-state index in [1.54, 1.807) is 21.0 Å². The molecule has 0 bridgehead atoms. The average Bonchev–Trinajstić information content (AvgIpc) is 2.31. The van der Waals surface area contributed by atoms with Crippen LogP contribution in [0.3, 0.4) is 0 Å². The number of carboxylic acid groups (broad SMARTS) is 1. The Bertz CT molecular complexity index is 252. The molecule has 17 heavy (non-hydrogen) atoms. The maximum Gasteiger partial charge on any atom is 0.329 e. The number of carboxylic acids is 1. The Morgan fingerprint density at radius 1 is 1.29 bits per heavy atom. The molecule has 0 rings (SSSR count). The summed E-state index contributed by atoms with van der Waals surface area (Å²) in [5.41, 5.74) is -1.18.